The van der Waals surface area contributed by atoms with Crippen LogP contribution in [0.1, 0.15) is 11.4 Å². The molecule has 0 aliphatic rings. The lowest BCUT2D eigenvalue weighted by Gasteiger charge is -2.03. The number of hydrogen-bond donors (Lipinski definition) is 0. The van der Waals surface area contributed by atoms with Gasteiger partial charge in [-0.2, -0.15) is 22.8 Å². The molecule has 0 bridgehead atoms. The van der Waals surface area contributed by atoms with Crippen LogP contribution >= 0.6 is 11.6 Å². The third-order valence-corrected chi connectivity index (χ3v) is 2.15. The minimum absolute atomic E-state index is 0.00667. The van der Waals surface area contributed by atoms with Gasteiger partial charge < -0.3 is 0 Å². The summed E-state index contributed by atoms with van der Waals surface area (Å²) in [6.07, 6.45) is -4.59. The second kappa shape index (κ2) is 3.06. The van der Waals surface area contributed by atoms with Crippen LogP contribution in [0.5, 0.6) is 0 Å². The van der Waals surface area contributed by atoms with E-state index in [4.69, 9.17) is 11.6 Å². The first-order valence-corrected chi connectivity index (χ1v) is 4.23. The van der Waals surface area contributed by atoms with Gasteiger partial charge in [0.1, 0.15) is 0 Å². The minimum Gasteiger partial charge on any atom is -0.187 e. The molecule has 0 atom stereocenters. The number of hydrogen-bond acceptors (Lipinski definition) is 3. The lowest BCUT2D eigenvalue weighted by atomic mass is 10.3. The van der Waals surface area contributed by atoms with Gasteiger partial charge in [0, 0.05) is 0 Å². The van der Waals surface area contributed by atoms with Crippen molar-refractivity contribution in [1.29, 1.82) is 0 Å². The zero-order valence-electron chi connectivity index (χ0n) is 7.38. The third-order valence-electron chi connectivity index (χ3n) is 1.78. The first-order chi connectivity index (χ1) is 6.89. The Labute approximate surface area is 86.7 Å². The topological polar surface area (TPSA) is 43.1 Å². The van der Waals surface area contributed by atoms with E-state index in [2.05, 4.69) is 15.3 Å². The second-order valence-corrected chi connectivity index (χ2v) is 3.27. The van der Waals surface area contributed by atoms with E-state index < -0.39 is 12.0 Å². The zero-order valence-corrected chi connectivity index (χ0v) is 8.13. The van der Waals surface area contributed by atoms with Crippen molar-refractivity contribution in [3.05, 3.63) is 22.6 Å². The predicted molar refractivity (Wildman–Crippen MR) is 45.5 cm³/mol. The maximum absolute atomic E-state index is 12.4. The molecule has 0 saturated heterocycles. The first-order valence-electron chi connectivity index (χ1n) is 3.85. The monoisotopic (exact) mass is 236 g/mol. The number of halogens is 4. The van der Waals surface area contributed by atoms with Gasteiger partial charge in [-0.15, -0.1) is 10.2 Å². The van der Waals surface area contributed by atoms with Gasteiger partial charge in [0.25, 0.3) is 5.82 Å². The van der Waals surface area contributed by atoms with E-state index in [0.29, 0.717) is 10.1 Å². The Morgan fingerprint density at radius 2 is 2.00 bits per heavy atom. The molecule has 0 radical (unpaired) electrons. The van der Waals surface area contributed by atoms with E-state index in [1.165, 1.54) is 6.07 Å². The Morgan fingerprint density at radius 3 is 2.60 bits per heavy atom. The smallest absolute Gasteiger partial charge is 0.187 e. The zero-order chi connectivity index (χ0) is 11.2. The van der Waals surface area contributed by atoms with Crippen molar-refractivity contribution in [3.63, 3.8) is 0 Å². The van der Waals surface area contributed by atoms with Gasteiger partial charge in [-0.3, -0.25) is 0 Å². The van der Waals surface area contributed by atoms with Crippen molar-refractivity contribution in [1.82, 2.24) is 19.8 Å². The Hall–Kier alpha value is -1.37. The van der Waals surface area contributed by atoms with Crippen molar-refractivity contribution in [2.75, 3.05) is 0 Å². The number of aryl methyl sites for hydroxylation is 1. The number of fused-ring (bicyclic) bond motifs is 1. The lowest BCUT2D eigenvalue weighted by molar-refractivity contribution is -0.146. The van der Waals surface area contributed by atoms with Crippen LogP contribution in [0.25, 0.3) is 5.65 Å². The van der Waals surface area contributed by atoms with Gasteiger partial charge in [-0.25, -0.2) is 0 Å². The molecule has 0 aliphatic carbocycles. The Morgan fingerprint density at radius 1 is 1.33 bits per heavy atom. The maximum Gasteiger partial charge on any atom is 0.453 e. The molecule has 0 spiro atoms. The molecule has 2 aromatic heterocycles. The molecule has 0 amide bonds. The van der Waals surface area contributed by atoms with Crippen LogP contribution in [-0.2, 0) is 6.18 Å². The fraction of sp³-hybridized carbons (Fsp3) is 0.286. The van der Waals surface area contributed by atoms with E-state index in [0.717, 1.165) is 0 Å². The molecule has 0 unspecified atom stereocenters. The number of rotatable bonds is 0. The van der Waals surface area contributed by atoms with E-state index in [1.807, 2.05) is 0 Å². The number of aromatic nitrogens is 4. The molecule has 0 aromatic carbocycles. The molecule has 0 aliphatic heterocycles. The van der Waals surface area contributed by atoms with Gasteiger partial charge in [-0.05, 0) is 18.6 Å². The largest absolute Gasteiger partial charge is 0.453 e. The molecule has 2 aromatic rings. The van der Waals surface area contributed by atoms with Crippen LogP contribution in [0, 0.1) is 6.92 Å². The van der Waals surface area contributed by atoms with Gasteiger partial charge >= 0.3 is 6.18 Å². The van der Waals surface area contributed by atoms with Crippen LogP contribution in [0.15, 0.2) is 6.07 Å². The molecule has 0 N–H and O–H groups in total. The highest BCUT2D eigenvalue weighted by Gasteiger charge is 2.37. The fourth-order valence-corrected chi connectivity index (χ4v) is 1.21. The van der Waals surface area contributed by atoms with Crippen molar-refractivity contribution < 1.29 is 13.2 Å². The molecule has 0 fully saturated rings. The second-order valence-electron chi connectivity index (χ2n) is 2.91. The first kappa shape index (κ1) is 10.2. The normalized spacial score (nSPS) is 12.3. The van der Waals surface area contributed by atoms with Gasteiger partial charge in [0.05, 0.1) is 0 Å². The van der Waals surface area contributed by atoms with Crippen molar-refractivity contribution in [2.24, 2.45) is 0 Å². The molecule has 15 heavy (non-hydrogen) atoms. The summed E-state index contributed by atoms with van der Waals surface area (Å²) in [6, 6.07) is 1.39. The summed E-state index contributed by atoms with van der Waals surface area (Å²) >= 11 is 5.61. The number of alkyl halides is 3. The van der Waals surface area contributed by atoms with Crippen molar-refractivity contribution in [3.8, 4) is 0 Å². The third kappa shape index (κ3) is 1.63. The summed E-state index contributed by atoms with van der Waals surface area (Å²) in [7, 11) is 0. The molecular weight excluding hydrogens is 233 g/mol. The Bertz CT molecular complexity index is 519. The highest BCUT2D eigenvalue weighted by atomic mass is 35.5. The highest BCUT2D eigenvalue weighted by molar-refractivity contribution is 6.30. The van der Waals surface area contributed by atoms with E-state index in [9.17, 15) is 13.2 Å². The summed E-state index contributed by atoms with van der Waals surface area (Å²) in [5, 5.41) is 9.91. The number of nitrogens with zero attached hydrogens (tertiary/aromatic N) is 4. The van der Waals surface area contributed by atoms with E-state index in [-0.39, 0.29) is 10.8 Å². The summed E-state index contributed by atoms with van der Waals surface area (Å²) in [6.45, 7) is 1.62. The molecular formula is C7H4ClF3N4. The van der Waals surface area contributed by atoms with Crippen LogP contribution in [0.3, 0.4) is 0 Å². The molecule has 8 heteroatoms. The van der Waals surface area contributed by atoms with Crippen LogP contribution < -0.4 is 0 Å². The maximum atomic E-state index is 12.4. The lowest BCUT2D eigenvalue weighted by Crippen LogP contribution is -2.12. The quantitative estimate of drug-likeness (QED) is 0.704. The fourth-order valence-electron chi connectivity index (χ4n) is 1.08. The van der Waals surface area contributed by atoms with Crippen molar-refractivity contribution in [2.45, 2.75) is 13.1 Å². The molecule has 80 valence electrons. The van der Waals surface area contributed by atoms with Crippen LogP contribution in [0.4, 0.5) is 13.2 Å². The molecule has 2 heterocycles. The SMILES string of the molecule is Cc1cc2nnc(C(F)(F)F)n2nc1Cl. The predicted octanol–water partition coefficient (Wildman–Crippen LogP) is 2.10. The average molecular weight is 237 g/mol. The molecule has 0 saturated carbocycles. The molecule has 4 nitrogen and oxygen atoms in total. The Kier molecular flexibility index (Phi) is 2.07. The summed E-state index contributed by atoms with van der Waals surface area (Å²) in [4.78, 5) is 0. The minimum atomic E-state index is -4.59. The van der Waals surface area contributed by atoms with Gasteiger partial charge in [0.2, 0.25) is 0 Å². The van der Waals surface area contributed by atoms with Gasteiger partial charge in [0.15, 0.2) is 10.8 Å². The van der Waals surface area contributed by atoms with E-state index >= 15 is 0 Å². The Balaban J connectivity index is 2.75. The standard InChI is InChI=1S/C7H4ClF3N4/c1-3-2-4-12-13-6(7(9,10)11)15(4)14-5(3)8/h2H,1H3. The highest BCUT2D eigenvalue weighted by Crippen LogP contribution is 2.28. The van der Waals surface area contributed by atoms with Crippen LogP contribution in [0.2, 0.25) is 5.15 Å². The van der Waals surface area contributed by atoms with E-state index in [1.54, 1.807) is 6.92 Å². The van der Waals surface area contributed by atoms with Gasteiger partial charge in [-0.1, -0.05) is 11.6 Å². The van der Waals surface area contributed by atoms with Crippen LogP contribution in [-0.4, -0.2) is 19.8 Å². The molecule has 2 rings (SSSR count). The average Bonchev–Trinajstić information content (AvgIpc) is 2.47. The van der Waals surface area contributed by atoms with Crippen molar-refractivity contribution >= 4 is 17.2 Å². The summed E-state index contributed by atoms with van der Waals surface area (Å²) in [5.41, 5.74) is 0.564. The summed E-state index contributed by atoms with van der Waals surface area (Å²) < 4.78 is 37.7. The summed E-state index contributed by atoms with van der Waals surface area (Å²) in [5.74, 6) is -1.18.